The number of amidine groups is 1. The summed E-state index contributed by atoms with van der Waals surface area (Å²) in [6, 6.07) is 19.9. The van der Waals surface area contributed by atoms with Gasteiger partial charge < -0.3 is 24.3 Å². The van der Waals surface area contributed by atoms with Crippen LogP contribution in [0.25, 0.3) is 0 Å². The average molecular weight is 520 g/mol. The van der Waals surface area contributed by atoms with Gasteiger partial charge in [0.2, 0.25) is 18.6 Å². The Labute approximate surface area is 218 Å². The monoisotopic (exact) mass is 519 g/mol. The second kappa shape index (κ2) is 10.8. The summed E-state index contributed by atoms with van der Waals surface area (Å²) in [6.45, 7) is 0.447. The van der Waals surface area contributed by atoms with E-state index in [0.717, 1.165) is 5.56 Å². The molecule has 1 N–H and O–H groups in total. The smallest absolute Gasteiger partial charge is 0.238 e. The topological polar surface area (TPSA) is 98.7 Å². The zero-order valence-corrected chi connectivity index (χ0v) is 21.1. The second-order valence-corrected chi connectivity index (χ2v) is 9.43. The Kier molecular flexibility index (Phi) is 7.18. The minimum Gasteiger partial charge on any atom is -0.497 e. The summed E-state index contributed by atoms with van der Waals surface area (Å²) >= 11 is 1.25. The van der Waals surface area contributed by atoms with Crippen molar-refractivity contribution < 1.29 is 28.5 Å². The molecule has 1 saturated heterocycles. The van der Waals surface area contributed by atoms with Crippen LogP contribution in [0, 0.1) is 0 Å². The van der Waals surface area contributed by atoms with E-state index in [-0.39, 0.29) is 31.6 Å². The molecule has 3 aromatic carbocycles. The van der Waals surface area contributed by atoms with Crippen molar-refractivity contribution in [2.24, 2.45) is 4.99 Å². The number of carbonyl (C=O) groups is 2. The van der Waals surface area contributed by atoms with Crippen LogP contribution in [0.3, 0.4) is 0 Å². The van der Waals surface area contributed by atoms with Gasteiger partial charge in [-0.05, 0) is 54.1 Å². The van der Waals surface area contributed by atoms with Crippen LogP contribution in [0.4, 0.5) is 11.4 Å². The summed E-state index contributed by atoms with van der Waals surface area (Å²) in [5.74, 6) is 2.04. The normalized spacial score (nSPS) is 17.6. The average Bonchev–Trinajstić information content (AvgIpc) is 3.39. The number of rotatable bonds is 7. The number of para-hydroxylation sites is 2. The van der Waals surface area contributed by atoms with Gasteiger partial charge in [0.15, 0.2) is 16.7 Å². The van der Waals surface area contributed by atoms with E-state index in [2.05, 4.69) is 5.32 Å². The Morgan fingerprint density at radius 3 is 2.62 bits per heavy atom. The van der Waals surface area contributed by atoms with Crippen LogP contribution in [0.2, 0.25) is 0 Å². The first-order valence-electron chi connectivity index (χ1n) is 11.6. The molecule has 9 nitrogen and oxygen atoms in total. The summed E-state index contributed by atoms with van der Waals surface area (Å²) in [4.78, 5) is 32.9. The molecule has 10 heteroatoms. The molecule has 0 bridgehead atoms. The molecular weight excluding hydrogens is 494 g/mol. The van der Waals surface area contributed by atoms with Crippen LogP contribution >= 0.6 is 11.8 Å². The molecule has 5 rings (SSSR count). The molecule has 0 saturated carbocycles. The molecule has 2 aliphatic rings. The number of fused-ring (bicyclic) bond motifs is 1. The number of anilines is 1. The maximum atomic E-state index is 13.4. The highest BCUT2D eigenvalue weighted by Crippen LogP contribution is 2.35. The third-order valence-corrected chi connectivity index (χ3v) is 7.06. The van der Waals surface area contributed by atoms with Gasteiger partial charge in [-0.2, -0.15) is 0 Å². The van der Waals surface area contributed by atoms with Crippen molar-refractivity contribution in [1.82, 2.24) is 4.90 Å². The van der Waals surface area contributed by atoms with E-state index < -0.39 is 5.25 Å². The molecule has 1 fully saturated rings. The first-order valence-corrected chi connectivity index (χ1v) is 12.4. The molecule has 1 atom stereocenters. The number of ether oxygens (including phenoxy) is 4. The van der Waals surface area contributed by atoms with E-state index in [9.17, 15) is 9.59 Å². The maximum Gasteiger partial charge on any atom is 0.238 e. The largest absolute Gasteiger partial charge is 0.497 e. The van der Waals surface area contributed by atoms with Crippen LogP contribution < -0.4 is 24.3 Å². The van der Waals surface area contributed by atoms with E-state index in [4.69, 9.17) is 23.9 Å². The Morgan fingerprint density at radius 1 is 1.05 bits per heavy atom. The van der Waals surface area contributed by atoms with E-state index in [1.807, 2.05) is 24.3 Å². The summed E-state index contributed by atoms with van der Waals surface area (Å²) in [5.41, 5.74) is 2.04. The van der Waals surface area contributed by atoms with Gasteiger partial charge in [-0.3, -0.25) is 14.5 Å². The number of nitrogens with zero attached hydrogens (tertiary/aromatic N) is 2. The lowest BCUT2D eigenvalue weighted by Crippen LogP contribution is -2.44. The van der Waals surface area contributed by atoms with Gasteiger partial charge in [0.05, 0.1) is 32.1 Å². The van der Waals surface area contributed by atoms with Crippen LogP contribution in [0.1, 0.15) is 12.0 Å². The van der Waals surface area contributed by atoms with Crippen LogP contribution in [-0.2, 0) is 16.1 Å². The molecule has 0 unspecified atom stereocenters. The van der Waals surface area contributed by atoms with Crippen molar-refractivity contribution in [1.29, 1.82) is 0 Å². The Balaban J connectivity index is 1.41. The lowest BCUT2D eigenvalue weighted by molar-refractivity contribution is -0.129. The molecule has 0 aromatic heterocycles. The van der Waals surface area contributed by atoms with Crippen molar-refractivity contribution in [2.75, 3.05) is 26.3 Å². The third-order valence-electron chi connectivity index (χ3n) is 5.87. The lowest BCUT2D eigenvalue weighted by Gasteiger charge is -2.32. The minimum absolute atomic E-state index is 0.0256. The number of hydrogen-bond acceptors (Lipinski definition) is 8. The summed E-state index contributed by atoms with van der Waals surface area (Å²) in [6.07, 6.45) is 0.0256. The first kappa shape index (κ1) is 24.5. The summed E-state index contributed by atoms with van der Waals surface area (Å²) < 4.78 is 21.5. The molecule has 2 heterocycles. The SMILES string of the molecule is COc1ccc(N=C2S[C@H](C(=O)Nc3ccccc3OC)CC(=O)N2Cc2ccc3c(c2)OCO3)cc1. The highest BCUT2D eigenvalue weighted by atomic mass is 32.2. The Hall–Kier alpha value is -4.18. The fourth-order valence-electron chi connectivity index (χ4n) is 3.95. The van der Waals surface area contributed by atoms with Gasteiger partial charge >= 0.3 is 0 Å². The van der Waals surface area contributed by atoms with Crippen molar-refractivity contribution >= 4 is 40.1 Å². The zero-order chi connectivity index (χ0) is 25.8. The molecule has 37 heavy (non-hydrogen) atoms. The van der Waals surface area contributed by atoms with Crippen LogP contribution in [0.15, 0.2) is 71.7 Å². The maximum absolute atomic E-state index is 13.4. The first-order chi connectivity index (χ1) is 18.0. The quantitative estimate of drug-likeness (QED) is 0.487. The van der Waals surface area contributed by atoms with E-state index in [0.29, 0.717) is 39.5 Å². The zero-order valence-electron chi connectivity index (χ0n) is 20.3. The minimum atomic E-state index is -0.664. The summed E-state index contributed by atoms with van der Waals surface area (Å²) in [5, 5.41) is 2.65. The number of nitrogens with one attached hydrogen (secondary N) is 1. The standard InChI is InChI=1S/C27H25N3O6S/c1-33-19-10-8-18(9-11-19)28-27-30(15-17-7-12-22-23(13-17)36-16-35-22)25(31)14-24(37-27)26(32)29-20-5-3-4-6-21(20)34-2/h3-13,24H,14-16H2,1-2H3,(H,29,32)/t24-/m0/s1. The van der Waals surface area contributed by atoms with Gasteiger partial charge in [0.25, 0.3) is 0 Å². The highest BCUT2D eigenvalue weighted by Gasteiger charge is 2.36. The van der Waals surface area contributed by atoms with Gasteiger partial charge in [-0.25, -0.2) is 4.99 Å². The molecule has 190 valence electrons. The molecule has 0 radical (unpaired) electrons. The van der Waals surface area contributed by atoms with Crippen molar-refractivity contribution in [3.05, 3.63) is 72.3 Å². The van der Waals surface area contributed by atoms with Gasteiger partial charge in [-0.1, -0.05) is 30.0 Å². The second-order valence-electron chi connectivity index (χ2n) is 8.26. The van der Waals surface area contributed by atoms with Gasteiger partial charge in [0, 0.05) is 6.42 Å². The van der Waals surface area contributed by atoms with E-state index >= 15 is 0 Å². The number of methoxy groups -OCH3 is 2. The van der Waals surface area contributed by atoms with Crippen LogP contribution in [-0.4, -0.2) is 48.1 Å². The fraction of sp³-hybridized carbons (Fsp3) is 0.222. The van der Waals surface area contributed by atoms with Gasteiger partial charge in [0.1, 0.15) is 16.7 Å². The van der Waals surface area contributed by atoms with Crippen molar-refractivity contribution in [2.45, 2.75) is 18.2 Å². The Bertz CT molecular complexity index is 1340. The molecule has 0 spiro atoms. The number of amides is 2. The lowest BCUT2D eigenvalue weighted by atomic mass is 10.1. The molecule has 0 aliphatic carbocycles. The molecule has 2 aliphatic heterocycles. The fourth-order valence-corrected chi connectivity index (χ4v) is 5.05. The van der Waals surface area contributed by atoms with Gasteiger partial charge in [-0.15, -0.1) is 0 Å². The number of hydrogen-bond donors (Lipinski definition) is 1. The predicted molar refractivity (Wildman–Crippen MR) is 141 cm³/mol. The van der Waals surface area contributed by atoms with Crippen molar-refractivity contribution in [3.8, 4) is 23.0 Å². The summed E-state index contributed by atoms with van der Waals surface area (Å²) in [7, 11) is 3.13. The number of carbonyl (C=O) groups excluding carboxylic acids is 2. The number of thioether (sulfide) groups is 1. The molecule has 2 amide bonds. The van der Waals surface area contributed by atoms with E-state index in [1.165, 1.54) is 18.9 Å². The van der Waals surface area contributed by atoms with Crippen LogP contribution in [0.5, 0.6) is 23.0 Å². The Morgan fingerprint density at radius 2 is 1.84 bits per heavy atom. The highest BCUT2D eigenvalue weighted by molar-refractivity contribution is 8.15. The van der Waals surface area contributed by atoms with E-state index in [1.54, 1.807) is 54.5 Å². The number of benzene rings is 3. The third kappa shape index (κ3) is 5.49. The van der Waals surface area contributed by atoms with Crippen molar-refractivity contribution in [3.63, 3.8) is 0 Å². The molecular formula is C27H25N3O6S. The predicted octanol–water partition coefficient (Wildman–Crippen LogP) is 4.59. The molecule has 3 aromatic rings. The number of aliphatic imine (C=N–C) groups is 1.